The zero-order chi connectivity index (χ0) is 14.9. The molecule has 0 bridgehead atoms. The number of thioether (sulfide) groups is 1. The first-order valence-corrected chi connectivity index (χ1v) is 8.35. The molecule has 0 saturated heterocycles. The maximum Gasteiger partial charge on any atom is 0.164 e. The number of hydrogen-bond acceptors (Lipinski definition) is 4. The van der Waals surface area contributed by atoms with Crippen molar-refractivity contribution < 1.29 is 0 Å². The van der Waals surface area contributed by atoms with Gasteiger partial charge in [-0.3, -0.25) is 4.68 Å². The van der Waals surface area contributed by atoms with E-state index < -0.39 is 0 Å². The van der Waals surface area contributed by atoms with Crippen molar-refractivity contribution in [1.29, 1.82) is 0 Å². The highest BCUT2D eigenvalue weighted by atomic mass is 32.2. The summed E-state index contributed by atoms with van der Waals surface area (Å²) < 4.78 is 1.98. The molecule has 4 nitrogen and oxygen atoms in total. The molecule has 0 fully saturated rings. The summed E-state index contributed by atoms with van der Waals surface area (Å²) in [6.07, 6.45) is 1.85. The number of nitrogens with one attached hydrogen (secondary N) is 1. The highest BCUT2D eigenvalue weighted by Crippen LogP contribution is 2.39. The summed E-state index contributed by atoms with van der Waals surface area (Å²) in [5.74, 6) is 2.54. The van der Waals surface area contributed by atoms with Gasteiger partial charge in [-0.2, -0.15) is 5.10 Å². The Morgan fingerprint density at radius 3 is 2.95 bits per heavy atom. The third-order valence-electron chi connectivity index (χ3n) is 3.57. The van der Waals surface area contributed by atoms with E-state index in [0.29, 0.717) is 12.5 Å². The SMILES string of the molecule is CC(C)(C)NCc1ncn(CC2CSc3ccccc32)n1. The molecule has 1 aromatic heterocycles. The molecule has 1 unspecified atom stereocenters. The molecule has 0 spiro atoms. The molecule has 2 heterocycles. The van der Waals surface area contributed by atoms with Crippen LogP contribution in [0.2, 0.25) is 0 Å². The van der Waals surface area contributed by atoms with Crippen LogP contribution in [0.3, 0.4) is 0 Å². The van der Waals surface area contributed by atoms with Crippen LogP contribution in [0.1, 0.15) is 38.1 Å². The largest absolute Gasteiger partial charge is 0.305 e. The summed E-state index contributed by atoms with van der Waals surface area (Å²) in [6, 6.07) is 8.68. The minimum Gasteiger partial charge on any atom is -0.305 e. The summed E-state index contributed by atoms with van der Waals surface area (Å²) in [4.78, 5) is 5.81. The first kappa shape index (κ1) is 14.6. The van der Waals surface area contributed by atoms with Crippen molar-refractivity contribution in [2.75, 3.05) is 5.75 Å². The highest BCUT2D eigenvalue weighted by Gasteiger charge is 2.23. The normalized spacial score (nSPS) is 18.0. The third kappa shape index (κ3) is 3.66. The van der Waals surface area contributed by atoms with Crippen molar-refractivity contribution in [2.45, 2.75) is 50.2 Å². The lowest BCUT2D eigenvalue weighted by molar-refractivity contribution is 0.416. The highest BCUT2D eigenvalue weighted by molar-refractivity contribution is 7.99. The van der Waals surface area contributed by atoms with E-state index >= 15 is 0 Å². The van der Waals surface area contributed by atoms with Crippen molar-refractivity contribution in [3.8, 4) is 0 Å². The van der Waals surface area contributed by atoms with Crippen LogP contribution in [-0.2, 0) is 13.1 Å². The van der Waals surface area contributed by atoms with Gasteiger partial charge in [-0.05, 0) is 32.4 Å². The van der Waals surface area contributed by atoms with Gasteiger partial charge < -0.3 is 5.32 Å². The van der Waals surface area contributed by atoms with Gasteiger partial charge in [0.2, 0.25) is 0 Å². The number of benzene rings is 1. The maximum atomic E-state index is 4.58. The Kier molecular flexibility index (Phi) is 4.04. The number of nitrogens with zero attached hydrogens (tertiary/aromatic N) is 3. The van der Waals surface area contributed by atoms with Gasteiger partial charge in [0, 0.05) is 22.1 Å². The molecular weight excluding hydrogens is 280 g/mol. The Bertz CT molecular complexity index is 615. The lowest BCUT2D eigenvalue weighted by atomic mass is 10.0. The van der Waals surface area contributed by atoms with Gasteiger partial charge in [0.25, 0.3) is 0 Å². The fraction of sp³-hybridized carbons (Fsp3) is 0.500. The summed E-state index contributed by atoms with van der Waals surface area (Å²) in [7, 11) is 0. The number of fused-ring (bicyclic) bond motifs is 1. The zero-order valence-corrected chi connectivity index (χ0v) is 13.7. The van der Waals surface area contributed by atoms with E-state index in [1.54, 1.807) is 0 Å². The van der Waals surface area contributed by atoms with Crippen molar-refractivity contribution in [2.24, 2.45) is 0 Å². The summed E-state index contributed by atoms with van der Waals surface area (Å²) >= 11 is 1.94. The van der Waals surface area contributed by atoms with Crippen molar-refractivity contribution in [3.63, 3.8) is 0 Å². The molecule has 1 N–H and O–H groups in total. The van der Waals surface area contributed by atoms with E-state index in [4.69, 9.17) is 0 Å². The second-order valence-corrected chi connectivity index (χ2v) is 7.59. The minimum absolute atomic E-state index is 0.0898. The van der Waals surface area contributed by atoms with Crippen molar-refractivity contribution in [1.82, 2.24) is 20.1 Å². The predicted octanol–water partition coefficient (Wildman–Crippen LogP) is 3.06. The molecule has 0 saturated carbocycles. The van der Waals surface area contributed by atoms with Crippen LogP contribution in [-0.4, -0.2) is 26.1 Å². The lowest BCUT2D eigenvalue weighted by Gasteiger charge is -2.19. The summed E-state index contributed by atoms with van der Waals surface area (Å²) in [5.41, 5.74) is 1.54. The van der Waals surface area contributed by atoms with E-state index in [0.717, 1.165) is 18.1 Å². The van der Waals surface area contributed by atoms with Crippen LogP contribution in [0.5, 0.6) is 0 Å². The minimum atomic E-state index is 0.0898. The number of aromatic nitrogens is 3. The molecule has 1 aliphatic rings. The lowest BCUT2D eigenvalue weighted by Crippen LogP contribution is -2.35. The third-order valence-corrected chi connectivity index (χ3v) is 4.82. The molecule has 1 aliphatic heterocycles. The Morgan fingerprint density at radius 2 is 2.14 bits per heavy atom. The molecule has 2 aromatic rings. The molecule has 3 rings (SSSR count). The van der Waals surface area contributed by atoms with Gasteiger partial charge in [-0.1, -0.05) is 18.2 Å². The van der Waals surface area contributed by atoms with Gasteiger partial charge in [-0.15, -0.1) is 11.8 Å². The summed E-state index contributed by atoms with van der Waals surface area (Å²) in [5, 5.41) is 8.00. The quantitative estimate of drug-likeness (QED) is 0.942. The zero-order valence-electron chi connectivity index (χ0n) is 12.8. The Morgan fingerprint density at radius 1 is 1.33 bits per heavy atom. The van der Waals surface area contributed by atoms with E-state index in [2.05, 4.69) is 60.4 Å². The van der Waals surface area contributed by atoms with Crippen LogP contribution < -0.4 is 5.32 Å². The van der Waals surface area contributed by atoms with Crippen LogP contribution in [0.4, 0.5) is 0 Å². The Labute approximate surface area is 130 Å². The Balaban J connectivity index is 1.63. The van der Waals surface area contributed by atoms with Gasteiger partial charge in [0.05, 0.1) is 13.1 Å². The first-order chi connectivity index (χ1) is 10.0. The van der Waals surface area contributed by atoms with Crippen LogP contribution in [0.15, 0.2) is 35.5 Å². The van der Waals surface area contributed by atoms with Crippen LogP contribution >= 0.6 is 11.8 Å². The maximum absolute atomic E-state index is 4.58. The average molecular weight is 302 g/mol. The fourth-order valence-corrected chi connectivity index (χ4v) is 3.69. The van der Waals surface area contributed by atoms with Crippen LogP contribution in [0, 0.1) is 0 Å². The molecule has 21 heavy (non-hydrogen) atoms. The molecule has 0 aliphatic carbocycles. The topological polar surface area (TPSA) is 42.7 Å². The molecule has 5 heteroatoms. The van der Waals surface area contributed by atoms with Crippen LogP contribution in [0.25, 0.3) is 0 Å². The fourth-order valence-electron chi connectivity index (χ4n) is 2.45. The summed E-state index contributed by atoms with van der Waals surface area (Å²) in [6.45, 7) is 8.07. The van der Waals surface area contributed by atoms with Crippen molar-refractivity contribution in [3.05, 3.63) is 42.0 Å². The predicted molar refractivity (Wildman–Crippen MR) is 86.5 cm³/mol. The molecule has 0 amide bonds. The Hall–Kier alpha value is -1.33. The van der Waals surface area contributed by atoms with E-state index in [1.807, 2.05) is 22.8 Å². The molecule has 1 aromatic carbocycles. The monoisotopic (exact) mass is 302 g/mol. The standard InChI is InChI=1S/C16H22N4S/c1-16(2,3)18-8-15-17-11-20(19-15)9-12-10-21-14-7-5-4-6-13(12)14/h4-7,11-12,18H,8-10H2,1-3H3. The molecule has 1 atom stereocenters. The van der Waals surface area contributed by atoms with Gasteiger partial charge in [0.15, 0.2) is 5.82 Å². The molecule has 112 valence electrons. The van der Waals surface area contributed by atoms with Crippen molar-refractivity contribution >= 4 is 11.8 Å². The van der Waals surface area contributed by atoms with Gasteiger partial charge in [-0.25, -0.2) is 4.98 Å². The van der Waals surface area contributed by atoms with E-state index in [1.165, 1.54) is 10.5 Å². The number of hydrogen-bond donors (Lipinski definition) is 1. The van der Waals surface area contributed by atoms with E-state index in [-0.39, 0.29) is 5.54 Å². The van der Waals surface area contributed by atoms with Gasteiger partial charge >= 0.3 is 0 Å². The number of rotatable bonds is 4. The molecule has 0 radical (unpaired) electrons. The van der Waals surface area contributed by atoms with E-state index in [9.17, 15) is 0 Å². The second kappa shape index (κ2) is 5.81. The average Bonchev–Trinajstić information content (AvgIpc) is 3.04. The smallest absolute Gasteiger partial charge is 0.164 e. The first-order valence-electron chi connectivity index (χ1n) is 7.36. The van der Waals surface area contributed by atoms with Gasteiger partial charge in [0.1, 0.15) is 6.33 Å². The second-order valence-electron chi connectivity index (χ2n) is 6.53. The molecular formula is C16H22N4S.